The molecular weight excluding hydrogens is 336 g/mol. The second-order valence-electron chi connectivity index (χ2n) is 4.63. The van der Waals surface area contributed by atoms with Crippen molar-refractivity contribution in [2.24, 2.45) is 0 Å². The molecule has 3 aromatic rings. The lowest BCUT2D eigenvalue weighted by Gasteiger charge is -2.04. The number of nitrogens with zero attached hydrogens (tertiary/aromatic N) is 3. The van der Waals surface area contributed by atoms with E-state index in [1.165, 1.54) is 30.4 Å². The maximum atomic E-state index is 11.4. The summed E-state index contributed by atoms with van der Waals surface area (Å²) in [6.45, 7) is 1.36. The Morgan fingerprint density at radius 1 is 1.35 bits per heavy atom. The van der Waals surface area contributed by atoms with E-state index in [-0.39, 0.29) is 17.0 Å². The van der Waals surface area contributed by atoms with Gasteiger partial charge in [-0.1, -0.05) is 0 Å². The van der Waals surface area contributed by atoms with Crippen molar-refractivity contribution in [2.45, 2.75) is 17.0 Å². The fourth-order valence-corrected chi connectivity index (χ4v) is 3.65. The Kier molecular flexibility index (Phi) is 3.97. The Balaban J connectivity index is 2.03. The fourth-order valence-electron chi connectivity index (χ4n) is 1.97. The van der Waals surface area contributed by atoms with Gasteiger partial charge in [-0.3, -0.25) is 14.9 Å². The number of ketones is 1. The number of anilines is 1. The van der Waals surface area contributed by atoms with Crippen LogP contribution in [0.1, 0.15) is 17.3 Å². The van der Waals surface area contributed by atoms with Crippen LogP contribution in [0.2, 0.25) is 0 Å². The zero-order chi connectivity index (χ0) is 16.6. The lowest BCUT2D eigenvalue weighted by molar-refractivity contribution is -0.387. The average molecular weight is 346 g/mol. The maximum absolute atomic E-state index is 11.4. The monoisotopic (exact) mass is 346 g/mol. The van der Waals surface area contributed by atoms with Gasteiger partial charge in [-0.2, -0.15) is 0 Å². The predicted molar refractivity (Wildman–Crippen MR) is 89.1 cm³/mol. The molecule has 0 aliphatic carbocycles. The predicted octanol–water partition coefficient (Wildman–Crippen LogP) is 3.54. The molecular formula is C14H10N4O3S2. The Morgan fingerprint density at radius 3 is 2.83 bits per heavy atom. The molecule has 0 radical (unpaired) electrons. The molecule has 7 nitrogen and oxygen atoms in total. The summed E-state index contributed by atoms with van der Waals surface area (Å²) in [5.74, 6) is 0.104. The highest BCUT2D eigenvalue weighted by molar-refractivity contribution is 7.99. The summed E-state index contributed by atoms with van der Waals surface area (Å²) in [5.41, 5.74) is 6.01. The molecule has 0 amide bonds. The second kappa shape index (κ2) is 5.94. The van der Waals surface area contributed by atoms with Gasteiger partial charge in [0.25, 0.3) is 5.69 Å². The standard InChI is InChI=1S/C14H10N4O3S2/c1-7(19)8-2-3-11(10(6-8)18(20)21)23-14-16-12(15)9-4-5-22-13(9)17-14/h2-6H,1H3,(H2,15,16,17). The molecule has 23 heavy (non-hydrogen) atoms. The van der Waals surface area contributed by atoms with E-state index in [4.69, 9.17) is 5.73 Å². The number of fused-ring (bicyclic) bond motifs is 1. The summed E-state index contributed by atoms with van der Waals surface area (Å²) >= 11 is 2.47. The number of benzene rings is 1. The van der Waals surface area contributed by atoms with E-state index in [1.807, 2.05) is 11.4 Å². The zero-order valence-electron chi connectivity index (χ0n) is 11.8. The molecule has 2 heterocycles. The van der Waals surface area contributed by atoms with E-state index in [0.717, 1.165) is 22.0 Å². The molecule has 0 spiro atoms. The number of Topliss-reactive ketones (excluding diaryl/α,β-unsaturated/α-hetero) is 1. The minimum absolute atomic E-state index is 0.156. The fraction of sp³-hybridized carbons (Fsp3) is 0.0714. The molecule has 0 saturated carbocycles. The number of nitro benzene ring substituents is 1. The van der Waals surface area contributed by atoms with E-state index in [0.29, 0.717) is 15.9 Å². The van der Waals surface area contributed by atoms with Gasteiger partial charge < -0.3 is 5.73 Å². The van der Waals surface area contributed by atoms with Crippen LogP contribution >= 0.6 is 23.1 Å². The van der Waals surface area contributed by atoms with Crippen LogP contribution in [-0.2, 0) is 0 Å². The highest BCUT2D eigenvalue weighted by Crippen LogP contribution is 2.35. The summed E-state index contributed by atoms with van der Waals surface area (Å²) in [6.07, 6.45) is 0. The van der Waals surface area contributed by atoms with E-state index in [9.17, 15) is 14.9 Å². The zero-order valence-corrected chi connectivity index (χ0v) is 13.5. The topological polar surface area (TPSA) is 112 Å². The Morgan fingerprint density at radius 2 is 2.13 bits per heavy atom. The summed E-state index contributed by atoms with van der Waals surface area (Å²) in [7, 11) is 0. The first kappa shape index (κ1) is 15.4. The van der Waals surface area contributed by atoms with Gasteiger partial charge >= 0.3 is 0 Å². The summed E-state index contributed by atoms with van der Waals surface area (Å²) in [5, 5.41) is 14.2. The molecule has 3 rings (SSSR count). The number of nitrogens with two attached hydrogens (primary N) is 1. The molecule has 9 heteroatoms. The van der Waals surface area contributed by atoms with Crippen molar-refractivity contribution in [1.82, 2.24) is 9.97 Å². The van der Waals surface area contributed by atoms with Gasteiger partial charge in [0, 0.05) is 11.6 Å². The second-order valence-corrected chi connectivity index (χ2v) is 6.53. The summed E-state index contributed by atoms with van der Waals surface area (Å²) < 4.78 is 0. The van der Waals surface area contributed by atoms with Gasteiger partial charge in [-0.25, -0.2) is 9.97 Å². The van der Waals surface area contributed by atoms with Crippen molar-refractivity contribution in [3.63, 3.8) is 0 Å². The van der Waals surface area contributed by atoms with Crippen LogP contribution in [0, 0.1) is 10.1 Å². The average Bonchev–Trinajstić information content (AvgIpc) is 2.96. The molecule has 0 aliphatic heterocycles. The third-order valence-corrected chi connectivity index (χ3v) is 4.83. The molecule has 0 bridgehead atoms. The highest BCUT2D eigenvalue weighted by Gasteiger charge is 2.19. The lowest BCUT2D eigenvalue weighted by Crippen LogP contribution is -1.98. The van der Waals surface area contributed by atoms with Crippen LogP contribution in [-0.4, -0.2) is 20.7 Å². The molecule has 0 atom stereocenters. The number of thiophene rings is 1. The van der Waals surface area contributed by atoms with Crippen molar-refractivity contribution < 1.29 is 9.72 Å². The van der Waals surface area contributed by atoms with E-state index < -0.39 is 4.92 Å². The van der Waals surface area contributed by atoms with Crippen LogP contribution < -0.4 is 5.73 Å². The number of nitro groups is 1. The van der Waals surface area contributed by atoms with Gasteiger partial charge in [0.05, 0.1) is 15.2 Å². The minimum atomic E-state index is -0.526. The number of carbonyl (C=O) groups excluding carboxylic acids is 1. The van der Waals surface area contributed by atoms with Crippen molar-refractivity contribution in [3.05, 3.63) is 45.3 Å². The molecule has 0 aliphatic rings. The number of hydrogen-bond donors (Lipinski definition) is 1. The third kappa shape index (κ3) is 3.01. The first-order chi connectivity index (χ1) is 11.0. The van der Waals surface area contributed by atoms with Crippen molar-refractivity contribution >= 4 is 50.6 Å². The van der Waals surface area contributed by atoms with Crippen LogP contribution in [0.25, 0.3) is 10.2 Å². The van der Waals surface area contributed by atoms with Crippen LogP contribution in [0.3, 0.4) is 0 Å². The van der Waals surface area contributed by atoms with E-state index >= 15 is 0 Å². The number of nitrogen functional groups attached to an aromatic ring is 1. The largest absolute Gasteiger partial charge is 0.383 e. The quantitative estimate of drug-likeness (QED) is 0.333. The maximum Gasteiger partial charge on any atom is 0.284 e. The molecule has 0 fully saturated rings. The molecule has 1 aromatic carbocycles. The Bertz CT molecular complexity index is 939. The third-order valence-electron chi connectivity index (χ3n) is 3.10. The molecule has 0 saturated heterocycles. The van der Waals surface area contributed by atoms with E-state index in [2.05, 4.69) is 9.97 Å². The first-order valence-corrected chi connectivity index (χ1v) is 8.13. The lowest BCUT2D eigenvalue weighted by atomic mass is 10.1. The number of aromatic nitrogens is 2. The SMILES string of the molecule is CC(=O)c1ccc(Sc2nc(N)c3ccsc3n2)c([N+](=O)[O-])c1. The van der Waals surface area contributed by atoms with E-state index in [1.54, 1.807) is 6.07 Å². The first-order valence-electron chi connectivity index (χ1n) is 6.43. The van der Waals surface area contributed by atoms with Crippen LogP contribution in [0.15, 0.2) is 39.7 Å². The van der Waals surface area contributed by atoms with Gasteiger partial charge in [0.2, 0.25) is 0 Å². The van der Waals surface area contributed by atoms with Crippen molar-refractivity contribution in [3.8, 4) is 0 Å². The highest BCUT2D eigenvalue weighted by atomic mass is 32.2. The molecule has 2 aromatic heterocycles. The summed E-state index contributed by atoms with van der Waals surface area (Å²) in [4.78, 5) is 31.7. The van der Waals surface area contributed by atoms with Gasteiger partial charge in [0.1, 0.15) is 10.6 Å². The van der Waals surface area contributed by atoms with Crippen molar-refractivity contribution in [2.75, 3.05) is 5.73 Å². The normalized spacial score (nSPS) is 10.8. The minimum Gasteiger partial charge on any atom is -0.383 e. The van der Waals surface area contributed by atoms with Gasteiger partial charge in [0.15, 0.2) is 10.9 Å². The van der Waals surface area contributed by atoms with Crippen LogP contribution in [0.4, 0.5) is 11.5 Å². The Hall–Kier alpha value is -2.52. The molecule has 2 N–H and O–H groups in total. The Labute approximate surface area is 138 Å². The van der Waals surface area contributed by atoms with Gasteiger partial charge in [-0.05, 0) is 42.3 Å². The number of hydrogen-bond acceptors (Lipinski definition) is 8. The van der Waals surface area contributed by atoms with Crippen molar-refractivity contribution in [1.29, 1.82) is 0 Å². The smallest absolute Gasteiger partial charge is 0.284 e. The van der Waals surface area contributed by atoms with Crippen LogP contribution in [0.5, 0.6) is 0 Å². The molecule has 116 valence electrons. The van der Waals surface area contributed by atoms with Gasteiger partial charge in [-0.15, -0.1) is 11.3 Å². The molecule has 0 unspecified atom stereocenters. The number of carbonyl (C=O) groups is 1. The number of rotatable bonds is 4. The summed E-state index contributed by atoms with van der Waals surface area (Å²) in [6, 6.07) is 6.16.